The summed E-state index contributed by atoms with van der Waals surface area (Å²) in [6.45, 7) is 3.91. The number of hydrogen-bond donors (Lipinski definition) is 2. The molecular formula is C27H32F3N3O3S. The molecule has 2 N–H and O–H groups in total. The molecule has 1 saturated carbocycles. The van der Waals surface area contributed by atoms with Gasteiger partial charge in [0.25, 0.3) is 5.91 Å². The van der Waals surface area contributed by atoms with Gasteiger partial charge in [0.05, 0.1) is 23.4 Å². The number of rotatable bonds is 9. The van der Waals surface area contributed by atoms with Crippen LogP contribution in [0.25, 0.3) is 11.0 Å². The van der Waals surface area contributed by atoms with Gasteiger partial charge in [-0.1, -0.05) is 32.8 Å². The van der Waals surface area contributed by atoms with Crippen LogP contribution in [-0.4, -0.2) is 38.8 Å². The highest BCUT2D eigenvalue weighted by molar-refractivity contribution is 7.09. The predicted molar refractivity (Wildman–Crippen MR) is 137 cm³/mol. The fraction of sp³-hybridized carbons (Fsp3) is 0.519. The van der Waals surface area contributed by atoms with Crippen molar-refractivity contribution in [2.75, 3.05) is 0 Å². The number of thiophene rings is 1. The van der Waals surface area contributed by atoms with E-state index in [4.69, 9.17) is 4.98 Å². The fourth-order valence-corrected chi connectivity index (χ4v) is 6.10. The number of alkyl halides is 3. The Morgan fingerprint density at radius 2 is 1.97 bits per heavy atom. The second-order valence-electron chi connectivity index (χ2n) is 10.3. The molecule has 6 nitrogen and oxygen atoms in total. The van der Waals surface area contributed by atoms with Crippen LogP contribution in [0.2, 0.25) is 0 Å². The smallest absolute Gasteiger partial charge is 0.393 e. The molecule has 3 aromatic rings. The summed E-state index contributed by atoms with van der Waals surface area (Å²) in [5, 5.41) is 14.0. The maximum atomic E-state index is 14.0. The Bertz CT molecular complexity index is 1240. The Morgan fingerprint density at radius 3 is 2.62 bits per heavy atom. The number of aromatic nitrogens is 2. The molecule has 0 aliphatic heterocycles. The van der Waals surface area contributed by atoms with Gasteiger partial charge in [0, 0.05) is 28.9 Å². The van der Waals surface area contributed by atoms with Gasteiger partial charge >= 0.3 is 12.1 Å². The van der Waals surface area contributed by atoms with Crippen LogP contribution in [0.1, 0.15) is 79.5 Å². The lowest BCUT2D eigenvalue weighted by Crippen LogP contribution is -2.37. The largest absolute Gasteiger partial charge is 0.481 e. The number of hydrogen-bond acceptors (Lipinski definition) is 4. The first-order valence-electron chi connectivity index (χ1n) is 12.7. The summed E-state index contributed by atoms with van der Waals surface area (Å²) in [6, 6.07) is 7.42. The first-order chi connectivity index (χ1) is 17.5. The third kappa shape index (κ3) is 6.52. The molecule has 37 heavy (non-hydrogen) atoms. The number of carbonyl (C=O) groups is 2. The lowest BCUT2D eigenvalue weighted by molar-refractivity contribution is -0.193. The molecule has 10 heteroatoms. The standard InChI is InChI=1S/C27H32F3N3O3S/c1-16(2)12-18(14-25(34)35)31-26(36)17-9-10-23-21(13-17)32-24(15-19-6-5-11-37-19)33(23)22-8-4-3-7-20(22)27(28,29)30/h5-6,9-11,13,16,18,20,22H,3-4,7-8,12,14-15H2,1-2H3,(H,31,36)(H,34,35)/t18?,20?,22-/m0/s1. The maximum absolute atomic E-state index is 14.0. The van der Waals surface area contributed by atoms with Crippen LogP contribution in [0.3, 0.4) is 0 Å². The van der Waals surface area contributed by atoms with Crippen molar-refractivity contribution in [1.29, 1.82) is 0 Å². The molecule has 1 fully saturated rings. The molecule has 1 aliphatic carbocycles. The van der Waals surface area contributed by atoms with E-state index < -0.39 is 36.1 Å². The van der Waals surface area contributed by atoms with E-state index in [1.54, 1.807) is 22.8 Å². The highest BCUT2D eigenvalue weighted by Crippen LogP contribution is 2.45. The number of halogens is 3. The Hall–Kier alpha value is -2.88. The zero-order valence-electron chi connectivity index (χ0n) is 20.9. The molecule has 4 rings (SSSR count). The average molecular weight is 536 g/mol. The van der Waals surface area contributed by atoms with Crippen LogP contribution < -0.4 is 5.32 Å². The quantitative estimate of drug-likeness (QED) is 0.323. The van der Waals surface area contributed by atoms with Crippen molar-refractivity contribution >= 4 is 34.2 Å². The Labute approximate surface area is 217 Å². The first kappa shape index (κ1) is 27.2. The minimum absolute atomic E-state index is 0.0909. The van der Waals surface area contributed by atoms with Gasteiger partial charge < -0.3 is 15.0 Å². The van der Waals surface area contributed by atoms with Crippen LogP contribution in [0.15, 0.2) is 35.7 Å². The number of aliphatic carboxylic acids is 1. The van der Waals surface area contributed by atoms with Crippen LogP contribution >= 0.6 is 11.3 Å². The fourth-order valence-electron chi connectivity index (χ4n) is 5.40. The molecular weight excluding hydrogens is 503 g/mol. The van der Waals surface area contributed by atoms with Crippen molar-refractivity contribution in [3.05, 3.63) is 52.0 Å². The Kier molecular flexibility index (Phi) is 8.26. The van der Waals surface area contributed by atoms with Crippen molar-refractivity contribution < 1.29 is 27.9 Å². The molecule has 3 atom stereocenters. The van der Waals surface area contributed by atoms with Gasteiger partial charge in [0.1, 0.15) is 5.82 Å². The van der Waals surface area contributed by atoms with Gasteiger partial charge in [0.2, 0.25) is 0 Å². The van der Waals surface area contributed by atoms with Crippen LogP contribution in [0.4, 0.5) is 13.2 Å². The highest BCUT2D eigenvalue weighted by atomic mass is 32.1. The summed E-state index contributed by atoms with van der Waals surface area (Å²) in [5.74, 6) is -2.12. The highest BCUT2D eigenvalue weighted by Gasteiger charge is 2.47. The Morgan fingerprint density at radius 1 is 1.22 bits per heavy atom. The zero-order valence-corrected chi connectivity index (χ0v) is 21.7. The number of carboxylic acids is 1. The monoisotopic (exact) mass is 535 g/mol. The average Bonchev–Trinajstić information content (AvgIpc) is 3.44. The van der Waals surface area contributed by atoms with E-state index in [1.807, 2.05) is 31.4 Å². The number of benzene rings is 1. The van der Waals surface area contributed by atoms with Gasteiger partial charge in [-0.05, 0) is 54.8 Å². The van der Waals surface area contributed by atoms with Crippen LogP contribution in [-0.2, 0) is 11.2 Å². The van der Waals surface area contributed by atoms with Crippen molar-refractivity contribution in [3.63, 3.8) is 0 Å². The number of nitrogens with one attached hydrogen (secondary N) is 1. The third-order valence-electron chi connectivity index (χ3n) is 6.93. The van der Waals surface area contributed by atoms with E-state index >= 15 is 0 Å². The molecule has 0 radical (unpaired) electrons. The lowest BCUT2D eigenvalue weighted by atomic mass is 9.83. The summed E-state index contributed by atoms with van der Waals surface area (Å²) in [4.78, 5) is 30.0. The third-order valence-corrected chi connectivity index (χ3v) is 7.81. The van der Waals surface area contributed by atoms with Gasteiger partial charge in [-0.3, -0.25) is 9.59 Å². The summed E-state index contributed by atoms with van der Waals surface area (Å²) in [6.07, 6.45) is -1.80. The van der Waals surface area contributed by atoms with Crippen molar-refractivity contribution in [1.82, 2.24) is 14.9 Å². The molecule has 2 aromatic heterocycles. The van der Waals surface area contributed by atoms with Crippen LogP contribution in [0.5, 0.6) is 0 Å². The Balaban J connectivity index is 1.71. The number of nitrogens with zero attached hydrogens (tertiary/aromatic N) is 2. The number of carbonyl (C=O) groups excluding carboxylic acids is 1. The molecule has 200 valence electrons. The van der Waals surface area contributed by atoms with E-state index in [0.717, 1.165) is 11.3 Å². The number of amides is 1. The molecule has 0 spiro atoms. The minimum atomic E-state index is -4.31. The van der Waals surface area contributed by atoms with E-state index in [-0.39, 0.29) is 18.8 Å². The molecule has 2 unspecified atom stereocenters. The summed E-state index contributed by atoms with van der Waals surface area (Å²) in [7, 11) is 0. The summed E-state index contributed by atoms with van der Waals surface area (Å²) in [5.41, 5.74) is 1.34. The zero-order chi connectivity index (χ0) is 26.7. The second kappa shape index (κ2) is 11.2. The predicted octanol–water partition coefficient (Wildman–Crippen LogP) is 6.60. The van der Waals surface area contributed by atoms with Crippen molar-refractivity contribution in [2.45, 2.75) is 77.1 Å². The SMILES string of the molecule is CC(C)CC(CC(=O)O)NC(=O)c1ccc2c(c1)nc(Cc1cccs1)n2[C@H]1CCCCC1C(F)(F)F. The topological polar surface area (TPSA) is 84.2 Å². The molecule has 1 aliphatic rings. The molecule has 0 bridgehead atoms. The van der Waals surface area contributed by atoms with E-state index in [2.05, 4.69) is 5.32 Å². The van der Waals surface area contributed by atoms with Crippen LogP contribution in [0, 0.1) is 11.8 Å². The minimum Gasteiger partial charge on any atom is -0.481 e. The van der Waals surface area contributed by atoms with E-state index in [0.29, 0.717) is 48.1 Å². The first-order valence-corrected chi connectivity index (χ1v) is 13.5. The lowest BCUT2D eigenvalue weighted by Gasteiger charge is -2.35. The molecule has 1 aromatic carbocycles. The molecule has 2 heterocycles. The van der Waals surface area contributed by atoms with E-state index in [9.17, 15) is 27.9 Å². The van der Waals surface area contributed by atoms with Crippen molar-refractivity contribution in [3.8, 4) is 0 Å². The summed E-state index contributed by atoms with van der Waals surface area (Å²) >= 11 is 1.53. The van der Waals surface area contributed by atoms with Gasteiger partial charge in [-0.2, -0.15) is 13.2 Å². The molecule has 1 amide bonds. The number of imidazole rings is 1. The number of carboxylic acid groups (broad SMARTS) is 1. The summed E-state index contributed by atoms with van der Waals surface area (Å²) < 4.78 is 43.9. The normalized spacial score (nSPS) is 19.3. The van der Waals surface area contributed by atoms with Gasteiger partial charge in [-0.25, -0.2) is 4.98 Å². The van der Waals surface area contributed by atoms with Gasteiger partial charge in [-0.15, -0.1) is 11.3 Å². The van der Waals surface area contributed by atoms with E-state index in [1.165, 1.54) is 11.3 Å². The van der Waals surface area contributed by atoms with Crippen molar-refractivity contribution in [2.24, 2.45) is 11.8 Å². The van der Waals surface area contributed by atoms with Gasteiger partial charge in [0.15, 0.2) is 0 Å². The maximum Gasteiger partial charge on any atom is 0.393 e. The molecule has 0 saturated heterocycles. The second-order valence-corrected chi connectivity index (χ2v) is 11.3. The number of fused-ring (bicyclic) bond motifs is 1.